The van der Waals surface area contributed by atoms with Crippen LogP contribution in [0.1, 0.15) is 39.5 Å². The van der Waals surface area contributed by atoms with Gasteiger partial charge in [-0.25, -0.2) is 4.79 Å². The van der Waals surface area contributed by atoms with Gasteiger partial charge in [-0.3, -0.25) is 5.32 Å². The molecule has 1 unspecified atom stereocenters. The average molecular weight is 201 g/mol. The fourth-order valence-electron chi connectivity index (χ4n) is 1.49. The van der Waals surface area contributed by atoms with E-state index in [9.17, 15) is 4.79 Å². The van der Waals surface area contributed by atoms with Crippen LogP contribution in [0, 0.1) is 0 Å². The molecule has 0 bridgehead atoms. The van der Waals surface area contributed by atoms with E-state index in [0.717, 1.165) is 32.2 Å². The van der Waals surface area contributed by atoms with Crippen molar-refractivity contribution >= 4 is 6.16 Å². The van der Waals surface area contributed by atoms with Crippen molar-refractivity contribution in [2.45, 2.75) is 51.9 Å². The zero-order valence-corrected chi connectivity index (χ0v) is 8.91. The maximum absolute atomic E-state index is 11.2. The second-order valence-corrected chi connectivity index (χ2v) is 3.51. The third-order valence-corrected chi connectivity index (χ3v) is 2.43. The van der Waals surface area contributed by atoms with Gasteiger partial charge in [0.1, 0.15) is 6.10 Å². The summed E-state index contributed by atoms with van der Waals surface area (Å²) in [7, 11) is 0. The van der Waals surface area contributed by atoms with E-state index in [1.807, 2.05) is 13.8 Å². The number of rotatable bonds is 4. The van der Waals surface area contributed by atoms with Gasteiger partial charge >= 0.3 is 6.16 Å². The van der Waals surface area contributed by atoms with Gasteiger partial charge < -0.3 is 9.47 Å². The van der Waals surface area contributed by atoms with Gasteiger partial charge in [-0.2, -0.15) is 0 Å². The van der Waals surface area contributed by atoms with Crippen LogP contribution in [0.4, 0.5) is 4.79 Å². The number of nitrogens with one attached hydrogen (secondary N) is 1. The first kappa shape index (κ1) is 11.3. The smallest absolute Gasteiger partial charge is 0.431 e. The second kappa shape index (κ2) is 5.86. The highest BCUT2D eigenvalue weighted by molar-refractivity contribution is 5.60. The molecule has 1 saturated heterocycles. The number of ether oxygens (including phenoxy) is 2. The van der Waals surface area contributed by atoms with Gasteiger partial charge in [0, 0.05) is 0 Å². The largest absolute Gasteiger partial charge is 0.510 e. The second-order valence-electron chi connectivity index (χ2n) is 3.51. The zero-order chi connectivity index (χ0) is 10.4. The standard InChI is InChI=1S/C10H19NO3/c1-3-8(4-2)13-10(12)14-9-6-5-7-11-9/h8-9,11H,3-7H2,1-2H3. The lowest BCUT2D eigenvalue weighted by molar-refractivity contribution is -0.00709. The minimum Gasteiger partial charge on any atom is -0.431 e. The molecule has 1 atom stereocenters. The van der Waals surface area contributed by atoms with Crippen molar-refractivity contribution in [3.8, 4) is 0 Å². The number of carbonyl (C=O) groups is 1. The third kappa shape index (κ3) is 3.54. The summed E-state index contributed by atoms with van der Waals surface area (Å²) >= 11 is 0. The number of carbonyl (C=O) groups excluding carboxylic acids is 1. The Labute approximate surface area is 85.0 Å². The average Bonchev–Trinajstić information content (AvgIpc) is 2.66. The Morgan fingerprint density at radius 3 is 2.71 bits per heavy atom. The normalized spacial score (nSPS) is 21.2. The summed E-state index contributed by atoms with van der Waals surface area (Å²) in [5.41, 5.74) is 0. The van der Waals surface area contributed by atoms with E-state index in [4.69, 9.17) is 9.47 Å². The maximum atomic E-state index is 11.2. The predicted octanol–water partition coefficient (Wildman–Crippen LogP) is 2.04. The summed E-state index contributed by atoms with van der Waals surface area (Å²) < 4.78 is 10.2. The van der Waals surface area contributed by atoms with Gasteiger partial charge in [0.25, 0.3) is 0 Å². The van der Waals surface area contributed by atoms with E-state index in [0.29, 0.717) is 0 Å². The fourth-order valence-corrected chi connectivity index (χ4v) is 1.49. The Morgan fingerprint density at radius 2 is 2.21 bits per heavy atom. The third-order valence-electron chi connectivity index (χ3n) is 2.43. The summed E-state index contributed by atoms with van der Waals surface area (Å²) in [6.07, 6.45) is 2.92. The quantitative estimate of drug-likeness (QED) is 0.707. The molecule has 1 aliphatic heterocycles. The molecule has 82 valence electrons. The Morgan fingerprint density at radius 1 is 1.50 bits per heavy atom. The van der Waals surface area contributed by atoms with Gasteiger partial charge in [0.05, 0.1) is 0 Å². The molecule has 4 nitrogen and oxygen atoms in total. The van der Waals surface area contributed by atoms with E-state index < -0.39 is 6.16 Å². The van der Waals surface area contributed by atoms with Crippen molar-refractivity contribution in [2.75, 3.05) is 6.54 Å². The molecule has 14 heavy (non-hydrogen) atoms. The predicted molar refractivity (Wildman–Crippen MR) is 53.0 cm³/mol. The SMILES string of the molecule is CCC(CC)OC(=O)OC1CCCN1. The highest BCUT2D eigenvalue weighted by Gasteiger charge is 2.20. The fraction of sp³-hybridized carbons (Fsp3) is 0.900. The Hall–Kier alpha value is -0.770. The van der Waals surface area contributed by atoms with Crippen molar-refractivity contribution in [3.05, 3.63) is 0 Å². The lowest BCUT2D eigenvalue weighted by Gasteiger charge is -2.16. The van der Waals surface area contributed by atoms with Crippen LogP contribution in [0.25, 0.3) is 0 Å². The molecule has 0 aliphatic carbocycles. The molecular formula is C10H19NO3. The van der Waals surface area contributed by atoms with E-state index in [1.165, 1.54) is 0 Å². The van der Waals surface area contributed by atoms with Crippen LogP contribution in [0.2, 0.25) is 0 Å². The van der Waals surface area contributed by atoms with Gasteiger partial charge in [-0.05, 0) is 32.2 Å². The van der Waals surface area contributed by atoms with Gasteiger partial charge in [0.2, 0.25) is 0 Å². The van der Waals surface area contributed by atoms with E-state index >= 15 is 0 Å². The first-order chi connectivity index (χ1) is 6.76. The highest BCUT2D eigenvalue weighted by Crippen LogP contribution is 2.10. The molecule has 0 aromatic heterocycles. The zero-order valence-electron chi connectivity index (χ0n) is 8.91. The van der Waals surface area contributed by atoms with Gasteiger partial charge in [0.15, 0.2) is 6.23 Å². The van der Waals surface area contributed by atoms with E-state index in [2.05, 4.69) is 5.32 Å². The Balaban J connectivity index is 2.20. The molecule has 1 N–H and O–H groups in total. The highest BCUT2D eigenvalue weighted by atomic mass is 16.7. The van der Waals surface area contributed by atoms with Crippen molar-refractivity contribution < 1.29 is 14.3 Å². The van der Waals surface area contributed by atoms with Crippen LogP contribution in [0.5, 0.6) is 0 Å². The van der Waals surface area contributed by atoms with E-state index in [-0.39, 0.29) is 12.3 Å². The van der Waals surface area contributed by atoms with Crippen molar-refractivity contribution in [2.24, 2.45) is 0 Å². The van der Waals surface area contributed by atoms with Crippen molar-refractivity contribution in [1.29, 1.82) is 0 Å². The minimum absolute atomic E-state index is 0.0103. The molecule has 1 fully saturated rings. The van der Waals surface area contributed by atoms with Crippen LogP contribution < -0.4 is 5.32 Å². The van der Waals surface area contributed by atoms with Crippen molar-refractivity contribution in [1.82, 2.24) is 5.32 Å². The molecule has 0 aromatic rings. The van der Waals surface area contributed by atoms with Gasteiger partial charge in [-0.1, -0.05) is 13.8 Å². The molecule has 0 radical (unpaired) electrons. The summed E-state index contributed by atoms with van der Waals surface area (Å²) in [5, 5.41) is 3.07. The summed E-state index contributed by atoms with van der Waals surface area (Å²) in [6.45, 7) is 4.91. The van der Waals surface area contributed by atoms with Crippen LogP contribution in [0.3, 0.4) is 0 Å². The molecule has 1 heterocycles. The lowest BCUT2D eigenvalue weighted by Crippen LogP contribution is -2.29. The first-order valence-corrected chi connectivity index (χ1v) is 5.36. The summed E-state index contributed by atoms with van der Waals surface area (Å²) in [5.74, 6) is 0. The van der Waals surface area contributed by atoms with E-state index in [1.54, 1.807) is 0 Å². The van der Waals surface area contributed by atoms with Crippen LogP contribution in [-0.2, 0) is 9.47 Å². The monoisotopic (exact) mass is 201 g/mol. The Kier molecular flexibility index (Phi) is 4.73. The summed E-state index contributed by atoms with van der Waals surface area (Å²) in [4.78, 5) is 11.2. The van der Waals surface area contributed by atoms with Crippen LogP contribution in [0.15, 0.2) is 0 Å². The molecule has 0 amide bonds. The number of hydrogen-bond acceptors (Lipinski definition) is 4. The first-order valence-electron chi connectivity index (χ1n) is 5.36. The molecule has 0 spiro atoms. The maximum Gasteiger partial charge on any atom is 0.510 e. The van der Waals surface area contributed by atoms with Crippen LogP contribution >= 0.6 is 0 Å². The Bertz CT molecular complexity index is 168. The van der Waals surface area contributed by atoms with Gasteiger partial charge in [-0.15, -0.1) is 0 Å². The lowest BCUT2D eigenvalue weighted by atomic mass is 10.2. The molecule has 1 aliphatic rings. The van der Waals surface area contributed by atoms with Crippen molar-refractivity contribution in [3.63, 3.8) is 0 Å². The molecule has 4 heteroatoms. The molecule has 0 aromatic carbocycles. The molecule has 0 saturated carbocycles. The number of hydrogen-bond donors (Lipinski definition) is 1. The minimum atomic E-state index is -0.543. The molecule has 1 rings (SSSR count). The summed E-state index contributed by atoms with van der Waals surface area (Å²) in [6, 6.07) is 0. The molecular weight excluding hydrogens is 182 g/mol. The topological polar surface area (TPSA) is 47.6 Å². The van der Waals surface area contributed by atoms with Crippen LogP contribution in [-0.4, -0.2) is 25.0 Å².